The van der Waals surface area contributed by atoms with Gasteiger partial charge in [-0.2, -0.15) is 0 Å². The summed E-state index contributed by atoms with van der Waals surface area (Å²) in [5.74, 6) is 0.655. The van der Waals surface area contributed by atoms with Gasteiger partial charge in [-0.25, -0.2) is 19.7 Å². The molecule has 0 unspecified atom stereocenters. The number of imidazole rings is 2. The van der Waals surface area contributed by atoms with Gasteiger partial charge in [0.25, 0.3) is 5.91 Å². The van der Waals surface area contributed by atoms with Gasteiger partial charge in [-0.15, -0.1) is 11.3 Å². The van der Waals surface area contributed by atoms with Gasteiger partial charge in [-0.05, 0) is 36.4 Å². The van der Waals surface area contributed by atoms with Crippen LogP contribution >= 0.6 is 11.3 Å². The summed E-state index contributed by atoms with van der Waals surface area (Å²) in [4.78, 5) is 47.6. The summed E-state index contributed by atoms with van der Waals surface area (Å²) in [7, 11) is 0. The van der Waals surface area contributed by atoms with E-state index >= 15 is 0 Å². The predicted molar refractivity (Wildman–Crippen MR) is 130 cm³/mol. The van der Waals surface area contributed by atoms with E-state index in [-0.39, 0.29) is 23.5 Å². The number of rotatable bonds is 5. The number of nitrogens with zero attached hydrogens (tertiary/aromatic N) is 5. The minimum Gasteiger partial charge on any atom is -0.355 e. The molecule has 1 fully saturated rings. The lowest BCUT2D eigenvalue weighted by atomic mass is 10.0. The number of piperidine rings is 1. The molecule has 5 heterocycles. The monoisotopic (exact) mass is 474 g/mol. The quantitative estimate of drug-likeness (QED) is 0.360. The topological polar surface area (TPSA) is 125 Å². The molecule has 1 aliphatic rings. The van der Waals surface area contributed by atoms with Gasteiger partial charge in [0.1, 0.15) is 11.8 Å². The van der Waals surface area contributed by atoms with Gasteiger partial charge in [-0.3, -0.25) is 9.36 Å². The van der Waals surface area contributed by atoms with E-state index in [0.29, 0.717) is 17.7 Å². The molecule has 0 bridgehead atoms. The van der Waals surface area contributed by atoms with E-state index in [1.54, 1.807) is 11.3 Å². The number of hydrogen-bond donors (Lipinski definition) is 3. The van der Waals surface area contributed by atoms with Crippen molar-refractivity contribution in [1.82, 2.24) is 34.8 Å². The molecule has 0 spiro atoms. The molecular weight excluding hydrogens is 452 g/mol. The zero-order valence-corrected chi connectivity index (χ0v) is 19.0. The zero-order valence-electron chi connectivity index (χ0n) is 18.2. The number of fused-ring (bicyclic) bond motifs is 2. The van der Waals surface area contributed by atoms with Gasteiger partial charge >= 0.3 is 5.69 Å². The molecule has 1 aromatic carbocycles. The summed E-state index contributed by atoms with van der Waals surface area (Å²) < 4.78 is 1.87. The van der Waals surface area contributed by atoms with Crippen molar-refractivity contribution in [2.75, 3.05) is 18.0 Å². The van der Waals surface area contributed by atoms with Crippen molar-refractivity contribution in [2.24, 2.45) is 0 Å². The number of aromatic amines is 2. The average Bonchev–Trinajstić information content (AvgIpc) is 3.60. The Labute approximate surface area is 197 Å². The summed E-state index contributed by atoms with van der Waals surface area (Å²) in [6.45, 7) is 1.90. The highest BCUT2D eigenvalue weighted by Crippen LogP contribution is 2.29. The van der Waals surface area contributed by atoms with E-state index in [1.165, 1.54) is 6.33 Å². The number of hydrogen-bond acceptors (Lipinski definition) is 7. The molecule has 34 heavy (non-hydrogen) atoms. The Morgan fingerprint density at radius 1 is 1.12 bits per heavy atom. The molecule has 1 aliphatic heterocycles. The van der Waals surface area contributed by atoms with E-state index in [1.807, 2.05) is 46.3 Å². The third-order valence-corrected chi connectivity index (χ3v) is 7.12. The highest BCUT2D eigenvalue weighted by Gasteiger charge is 2.26. The van der Waals surface area contributed by atoms with E-state index in [4.69, 9.17) is 0 Å². The SMILES string of the molecule is O=C(NCc1cccs1)c1nc2ncnc(N3CCC(n4c(=O)[nH]c5ccccc54)CC3)c2[nH]1. The number of para-hydroxylation sites is 2. The molecule has 0 aliphatic carbocycles. The summed E-state index contributed by atoms with van der Waals surface area (Å²) in [5.41, 5.74) is 2.82. The van der Waals surface area contributed by atoms with Crippen LogP contribution in [0.15, 0.2) is 52.9 Å². The maximum absolute atomic E-state index is 12.6. The first-order chi connectivity index (χ1) is 16.7. The standard InChI is InChI=1S/C23H22N8O2S/c32-22(24-12-15-4-3-11-34-15)20-28-18-19(29-20)25-13-26-21(18)30-9-7-14(8-10-30)31-17-6-2-1-5-16(17)27-23(31)33/h1-6,11,13-14H,7-10,12H2,(H,24,32)(H,27,33)(H,25,26,28,29). The molecule has 5 aromatic rings. The van der Waals surface area contributed by atoms with Crippen molar-refractivity contribution in [3.63, 3.8) is 0 Å². The van der Waals surface area contributed by atoms with Crippen molar-refractivity contribution >= 4 is 45.3 Å². The van der Waals surface area contributed by atoms with Crippen molar-refractivity contribution in [2.45, 2.75) is 25.4 Å². The lowest BCUT2D eigenvalue weighted by Gasteiger charge is -2.33. The summed E-state index contributed by atoms with van der Waals surface area (Å²) in [6.07, 6.45) is 3.08. The van der Waals surface area contributed by atoms with Gasteiger partial charge in [0, 0.05) is 24.0 Å². The predicted octanol–water partition coefficient (Wildman–Crippen LogP) is 2.83. The number of carbonyl (C=O) groups is 1. The number of anilines is 1. The first-order valence-corrected chi connectivity index (χ1v) is 12.0. The van der Waals surface area contributed by atoms with Crippen LogP contribution in [0.25, 0.3) is 22.2 Å². The Hall–Kier alpha value is -3.99. The normalized spacial score (nSPS) is 14.8. The summed E-state index contributed by atoms with van der Waals surface area (Å²) in [6, 6.07) is 11.8. The van der Waals surface area contributed by atoms with E-state index in [0.717, 1.165) is 47.7 Å². The lowest BCUT2D eigenvalue weighted by Crippen LogP contribution is -2.37. The van der Waals surface area contributed by atoms with Gasteiger partial charge in [0.15, 0.2) is 17.3 Å². The first kappa shape index (κ1) is 20.6. The Morgan fingerprint density at radius 2 is 1.97 bits per heavy atom. The second kappa shape index (κ2) is 8.41. The minimum atomic E-state index is -0.283. The second-order valence-corrected chi connectivity index (χ2v) is 9.31. The van der Waals surface area contributed by atoms with Gasteiger partial charge in [0.05, 0.1) is 17.6 Å². The van der Waals surface area contributed by atoms with Crippen LogP contribution in [0, 0.1) is 0 Å². The molecule has 3 N–H and O–H groups in total. The van der Waals surface area contributed by atoms with Crippen LogP contribution in [0.2, 0.25) is 0 Å². The number of nitrogens with one attached hydrogen (secondary N) is 3. The van der Waals surface area contributed by atoms with Gasteiger partial charge in [0.2, 0.25) is 0 Å². The molecule has 11 heteroatoms. The maximum Gasteiger partial charge on any atom is 0.326 e. The van der Waals surface area contributed by atoms with Crippen molar-refractivity contribution in [3.8, 4) is 0 Å². The highest BCUT2D eigenvalue weighted by molar-refractivity contribution is 7.09. The third kappa shape index (κ3) is 3.63. The number of amides is 1. The van der Waals surface area contributed by atoms with Crippen LogP contribution < -0.4 is 15.9 Å². The third-order valence-electron chi connectivity index (χ3n) is 6.24. The van der Waals surface area contributed by atoms with E-state index < -0.39 is 0 Å². The van der Waals surface area contributed by atoms with Gasteiger partial charge in [-0.1, -0.05) is 18.2 Å². The van der Waals surface area contributed by atoms with Crippen molar-refractivity contribution < 1.29 is 4.79 Å². The van der Waals surface area contributed by atoms with Crippen molar-refractivity contribution in [3.05, 3.63) is 69.3 Å². The fourth-order valence-electron chi connectivity index (χ4n) is 4.60. The Bertz CT molecular complexity index is 1530. The van der Waals surface area contributed by atoms with E-state index in [2.05, 4.69) is 35.1 Å². The molecule has 4 aromatic heterocycles. The zero-order chi connectivity index (χ0) is 23.1. The van der Waals surface area contributed by atoms with Gasteiger partial charge < -0.3 is 20.2 Å². The second-order valence-electron chi connectivity index (χ2n) is 8.28. The molecule has 172 valence electrons. The number of thiophene rings is 1. The maximum atomic E-state index is 12.6. The van der Waals surface area contributed by atoms with E-state index in [9.17, 15) is 9.59 Å². The molecular formula is C23H22N8O2S. The van der Waals surface area contributed by atoms with Crippen LogP contribution in [0.1, 0.15) is 34.4 Å². The first-order valence-electron chi connectivity index (χ1n) is 11.1. The summed E-state index contributed by atoms with van der Waals surface area (Å²) in [5, 5.41) is 4.86. The fraction of sp³-hybridized carbons (Fsp3) is 0.261. The smallest absolute Gasteiger partial charge is 0.326 e. The lowest BCUT2D eigenvalue weighted by molar-refractivity contribution is 0.0942. The highest BCUT2D eigenvalue weighted by atomic mass is 32.1. The number of H-pyrrole nitrogens is 2. The molecule has 6 rings (SSSR count). The summed E-state index contributed by atoms with van der Waals surface area (Å²) >= 11 is 1.59. The molecule has 1 amide bonds. The molecule has 1 saturated heterocycles. The minimum absolute atomic E-state index is 0.0733. The average molecular weight is 475 g/mol. The van der Waals surface area contributed by atoms with Crippen LogP contribution in [-0.4, -0.2) is 48.5 Å². The van der Waals surface area contributed by atoms with Crippen LogP contribution in [0.4, 0.5) is 5.82 Å². The Morgan fingerprint density at radius 3 is 2.79 bits per heavy atom. The molecule has 10 nitrogen and oxygen atoms in total. The molecule has 0 radical (unpaired) electrons. The number of carbonyl (C=O) groups excluding carboxylic acids is 1. The number of benzene rings is 1. The largest absolute Gasteiger partial charge is 0.355 e. The van der Waals surface area contributed by atoms with Crippen LogP contribution in [0.5, 0.6) is 0 Å². The Balaban J connectivity index is 1.20. The fourth-order valence-corrected chi connectivity index (χ4v) is 5.24. The van der Waals surface area contributed by atoms with Crippen LogP contribution in [-0.2, 0) is 6.54 Å². The number of aromatic nitrogens is 6. The van der Waals surface area contributed by atoms with Crippen LogP contribution in [0.3, 0.4) is 0 Å². The van der Waals surface area contributed by atoms with Crippen molar-refractivity contribution in [1.29, 1.82) is 0 Å². The molecule has 0 saturated carbocycles. The Kier molecular flexibility index (Phi) is 5.10. The molecule has 0 atom stereocenters.